The van der Waals surface area contributed by atoms with Crippen LogP contribution in [0.15, 0.2) is 48.5 Å². The van der Waals surface area contributed by atoms with E-state index in [-0.39, 0.29) is 23.7 Å². The Morgan fingerprint density at radius 3 is 2.65 bits per heavy atom. The van der Waals surface area contributed by atoms with Crippen LogP contribution in [0.4, 0.5) is 11.4 Å². The predicted molar refractivity (Wildman–Crippen MR) is 87.6 cm³/mol. The number of nitrogens with one attached hydrogen (secondary N) is 1. The molecule has 0 aromatic heterocycles. The van der Waals surface area contributed by atoms with E-state index in [4.69, 9.17) is 4.74 Å². The van der Waals surface area contributed by atoms with Crippen molar-refractivity contribution < 1.29 is 14.5 Å². The van der Waals surface area contributed by atoms with Crippen LogP contribution >= 0.6 is 0 Å². The van der Waals surface area contributed by atoms with Crippen molar-refractivity contribution in [1.29, 1.82) is 0 Å². The van der Waals surface area contributed by atoms with Gasteiger partial charge < -0.3 is 10.1 Å². The molecule has 0 saturated carbocycles. The van der Waals surface area contributed by atoms with E-state index in [1.165, 1.54) is 6.07 Å². The van der Waals surface area contributed by atoms with Crippen molar-refractivity contribution in [2.45, 2.75) is 19.8 Å². The maximum absolute atomic E-state index is 11.9. The zero-order valence-corrected chi connectivity index (χ0v) is 12.8. The van der Waals surface area contributed by atoms with E-state index < -0.39 is 4.92 Å². The number of rotatable bonds is 7. The molecule has 2 aromatic carbocycles. The Bertz CT molecular complexity index is 686. The fraction of sp³-hybridized carbons (Fsp3) is 0.235. The van der Waals surface area contributed by atoms with E-state index in [0.29, 0.717) is 13.0 Å². The van der Waals surface area contributed by atoms with E-state index in [1.54, 1.807) is 19.1 Å². The zero-order chi connectivity index (χ0) is 16.7. The van der Waals surface area contributed by atoms with E-state index in [2.05, 4.69) is 5.32 Å². The van der Waals surface area contributed by atoms with Crippen LogP contribution in [0.2, 0.25) is 0 Å². The molecule has 0 heterocycles. The number of para-hydroxylation sites is 1. The molecule has 6 heteroatoms. The number of amides is 1. The number of nitro benzene ring substituents is 1. The lowest BCUT2D eigenvalue weighted by molar-refractivity contribution is -0.384. The Morgan fingerprint density at radius 1 is 1.22 bits per heavy atom. The van der Waals surface area contributed by atoms with E-state index >= 15 is 0 Å². The van der Waals surface area contributed by atoms with Gasteiger partial charge >= 0.3 is 0 Å². The van der Waals surface area contributed by atoms with Gasteiger partial charge in [0.2, 0.25) is 5.91 Å². The minimum absolute atomic E-state index is 0.0983. The predicted octanol–water partition coefficient (Wildman–Crippen LogP) is 3.70. The van der Waals surface area contributed by atoms with Gasteiger partial charge in [-0.05, 0) is 37.1 Å². The lowest BCUT2D eigenvalue weighted by Gasteiger charge is -2.08. The molecule has 1 amide bonds. The standard InChI is InChI=1S/C17H18N2O4/c1-13-9-10-15(16(12-13)19(21)22)18-17(20)8-5-11-23-14-6-3-2-4-7-14/h2-4,6-7,9-10,12H,5,8,11H2,1H3,(H,18,20). The number of benzene rings is 2. The van der Waals surface area contributed by atoms with Crippen LogP contribution in [-0.4, -0.2) is 17.4 Å². The molecular weight excluding hydrogens is 296 g/mol. The number of carbonyl (C=O) groups is 1. The van der Waals surface area contributed by atoms with Gasteiger partial charge in [0.1, 0.15) is 11.4 Å². The fourth-order valence-electron chi connectivity index (χ4n) is 2.05. The van der Waals surface area contributed by atoms with Gasteiger partial charge in [0.25, 0.3) is 5.69 Å². The topological polar surface area (TPSA) is 81.5 Å². The van der Waals surface area contributed by atoms with Crippen molar-refractivity contribution in [1.82, 2.24) is 0 Å². The highest BCUT2D eigenvalue weighted by molar-refractivity contribution is 5.93. The average molecular weight is 314 g/mol. The molecular formula is C17H18N2O4. The quantitative estimate of drug-likeness (QED) is 0.480. The van der Waals surface area contributed by atoms with Crippen molar-refractivity contribution >= 4 is 17.3 Å². The molecule has 0 aliphatic heterocycles. The minimum atomic E-state index is -0.499. The van der Waals surface area contributed by atoms with Crippen LogP contribution in [0.25, 0.3) is 0 Å². The van der Waals surface area contributed by atoms with Gasteiger partial charge in [-0.1, -0.05) is 24.3 Å². The Hall–Kier alpha value is -2.89. The SMILES string of the molecule is Cc1ccc(NC(=O)CCCOc2ccccc2)c([N+](=O)[O-])c1. The molecule has 0 aliphatic carbocycles. The van der Waals surface area contributed by atoms with Crippen molar-refractivity contribution in [3.63, 3.8) is 0 Å². The molecule has 0 atom stereocenters. The number of anilines is 1. The van der Waals surface area contributed by atoms with E-state index in [9.17, 15) is 14.9 Å². The lowest BCUT2D eigenvalue weighted by Crippen LogP contribution is -2.14. The van der Waals surface area contributed by atoms with Crippen LogP contribution in [0.5, 0.6) is 5.75 Å². The van der Waals surface area contributed by atoms with Gasteiger partial charge in [-0.2, -0.15) is 0 Å². The molecule has 0 radical (unpaired) electrons. The lowest BCUT2D eigenvalue weighted by atomic mass is 10.2. The van der Waals surface area contributed by atoms with Gasteiger partial charge in [-0.25, -0.2) is 0 Å². The highest BCUT2D eigenvalue weighted by Gasteiger charge is 2.15. The Morgan fingerprint density at radius 2 is 1.96 bits per heavy atom. The monoisotopic (exact) mass is 314 g/mol. The van der Waals surface area contributed by atoms with Crippen LogP contribution in [0.3, 0.4) is 0 Å². The highest BCUT2D eigenvalue weighted by atomic mass is 16.6. The first-order valence-electron chi connectivity index (χ1n) is 7.29. The summed E-state index contributed by atoms with van der Waals surface area (Å²) in [7, 11) is 0. The second kappa shape index (κ2) is 7.93. The van der Waals surface area contributed by atoms with Crippen LogP contribution < -0.4 is 10.1 Å². The summed E-state index contributed by atoms with van der Waals surface area (Å²) in [4.78, 5) is 22.4. The number of hydrogen-bond acceptors (Lipinski definition) is 4. The smallest absolute Gasteiger partial charge is 0.293 e. The normalized spacial score (nSPS) is 10.1. The number of carbonyl (C=O) groups excluding carboxylic acids is 1. The third-order valence-electron chi connectivity index (χ3n) is 3.18. The summed E-state index contributed by atoms with van der Waals surface area (Å²) < 4.78 is 5.50. The summed E-state index contributed by atoms with van der Waals surface area (Å²) >= 11 is 0. The zero-order valence-electron chi connectivity index (χ0n) is 12.8. The van der Waals surface area contributed by atoms with Gasteiger partial charge in [0, 0.05) is 12.5 Å². The molecule has 0 bridgehead atoms. The van der Waals surface area contributed by atoms with Crippen molar-refractivity contribution in [2.24, 2.45) is 0 Å². The van der Waals surface area contributed by atoms with E-state index in [0.717, 1.165) is 11.3 Å². The highest BCUT2D eigenvalue weighted by Crippen LogP contribution is 2.25. The molecule has 0 aliphatic rings. The second-order valence-corrected chi connectivity index (χ2v) is 5.09. The first-order valence-corrected chi connectivity index (χ1v) is 7.29. The number of hydrogen-bond donors (Lipinski definition) is 1. The molecule has 120 valence electrons. The molecule has 0 saturated heterocycles. The third kappa shape index (κ3) is 5.10. The molecule has 0 fully saturated rings. The van der Waals surface area contributed by atoms with Crippen molar-refractivity contribution in [2.75, 3.05) is 11.9 Å². The minimum Gasteiger partial charge on any atom is -0.494 e. The van der Waals surface area contributed by atoms with Gasteiger partial charge in [-0.15, -0.1) is 0 Å². The van der Waals surface area contributed by atoms with Crippen LogP contribution in [0.1, 0.15) is 18.4 Å². The molecule has 2 rings (SSSR count). The summed E-state index contributed by atoms with van der Waals surface area (Å²) in [5.41, 5.74) is 0.888. The Balaban J connectivity index is 1.82. The largest absolute Gasteiger partial charge is 0.494 e. The molecule has 1 N–H and O–H groups in total. The first kappa shape index (κ1) is 16.5. The van der Waals surface area contributed by atoms with Gasteiger partial charge in [-0.3, -0.25) is 14.9 Å². The molecule has 6 nitrogen and oxygen atoms in total. The second-order valence-electron chi connectivity index (χ2n) is 5.09. The fourth-order valence-corrected chi connectivity index (χ4v) is 2.05. The molecule has 23 heavy (non-hydrogen) atoms. The maximum Gasteiger partial charge on any atom is 0.293 e. The molecule has 0 unspecified atom stereocenters. The summed E-state index contributed by atoms with van der Waals surface area (Å²) in [5.74, 6) is 0.482. The van der Waals surface area contributed by atoms with Crippen LogP contribution in [0, 0.1) is 17.0 Å². The first-order chi connectivity index (χ1) is 11.1. The van der Waals surface area contributed by atoms with Gasteiger partial charge in [0.05, 0.1) is 11.5 Å². The van der Waals surface area contributed by atoms with E-state index in [1.807, 2.05) is 30.3 Å². The number of nitrogens with zero attached hydrogens (tertiary/aromatic N) is 1. The summed E-state index contributed by atoms with van der Waals surface area (Å²) in [6, 6.07) is 14.0. The van der Waals surface area contributed by atoms with Gasteiger partial charge in [0.15, 0.2) is 0 Å². The average Bonchev–Trinajstić information content (AvgIpc) is 2.54. The Labute approximate surface area is 134 Å². The van der Waals surface area contributed by atoms with Crippen molar-refractivity contribution in [3.8, 4) is 5.75 Å². The van der Waals surface area contributed by atoms with Crippen LogP contribution in [-0.2, 0) is 4.79 Å². The maximum atomic E-state index is 11.9. The summed E-state index contributed by atoms with van der Waals surface area (Å²) in [5, 5.41) is 13.6. The number of aryl methyl sites for hydroxylation is 1. The summed E-state index contributed by atoms with van der Waals surface area (Å²) in [6.07, 6.45) is 0.762. The van der Waals surface area contributed by atoms with Crippen molar-refractivity contribution in [3.05, 3.63) is 64.2 Å². The summed E-state index contributed by atoms with van der Waals surface area (Å²) in [6.45, 7) is 2.17. The molecule has 2 aromatic rings. The number of ether oxygens (including phenoxy) is 1. The number of nitro groups is 1. The Kier molecular flexibility index (Phi) is 5.68. The molecule has 0 spiro atoms. The third-order valence-corrected chi connectivity index (χ3v) is 3.18.